The van der Waals surface area contributed by atoms with Gasteiger partial charge in [-0.2, -0.15) is 5.10 Å². The molecule has 1 N–H and O–H groups in total. The number of carbonyl (C=O) groups excluding carboxylic acids is 1. The number of hydrogen-bond acceptors (Lipinski definition) is 6. The Bertz CT molecular complexity index is 476. The zero-order valence-corrected chi connectivity index (χ0v) is 12.2. The Kier molecular flexibility index (Phi) is 4.31. The fourth-order valence-electron chi connectivity index (χ4n) is 2.91. The smallest absolute Gasteiger partial charge is 0.239 e. The van der Waals surface area contributed by atoms with E-state index < -0.39 is 0 Å². The van der Waals surface area contributed by atoms with Crippen molar-refractivity contribution < 1.29 is 9.53 Å². The minimum atomic E-state index is -0.0991. The first-order valence-electron chi connectivity index (χ1n) is 7.35. The highest BCUT2D eigenvalue weighted by Crippen LogP contribution is 2.16. The summed E-state index contributed by atoms with van der Waals surface area (Å²) in [6, 6.07) is 3.73. The molecule has 2 fully saturated rings. The lowest BCUT2D eigenvalue weighted by molar-refractivity contribution is -0.133. The highest BCUT2D eigenvalue weighted by Gasteiger charge is 2.33. The minimum Gasteiger partial charge on any atom is -0.380 e. The standard InChI is InChI=1S/C14H21N5O2/c1-21-11-9-12(15-10-11)14(20)19-7-5-18(6-8-19)13-3-2-4-16-17-13/h2-4,11-12,15H,5-10H2,1H3/t11-,12-/m0/s1. The molecule has 2 atom stereocenters. The van der Waals surface area contributed by atoms with Crippen molar-refractivity contribution in [3.05, 3.63) is 18.3 Å². The molecule has 1 aromatic rings. The number of hydrogen-bond donors (Lipinski definition) is 1. The van der Waals surface area contributed by atoms with E-state index in [0.717, 1.165) is 45.0 Å². The number of nitrogens with zero attached hydrogens (tertiary/aromatic N) is 4. The predicted octanol–water partition coefficient (Wildman–Crippen LogP) is -0.498. The number of anilines is 1. The van der Waals surface area contributed by atoms with E-state index in [9.17, 15) is 4.79 Å². The number of methoxy groups -OCH3 is 1. The first-order valence-corrected chi connectivity index (χ1v) is 7.35. The quantitative estimate of drug-likeness (QED) is 0.810. The van der Waals surface area contributed by atoms with Gasteiger partial charge >= 0.3 is 0 Å². The van der Waals surface area contributed by atoms with Gasteiger partial charge in [0.15, 0.2) is 5.82 Å². The first kappa shape index (κ1) is 14.2. The lowest BCUT2D eigenvalue weighted by Crippen LogP contribution is -2.53. The number of rotatable bonds is 3. The van der Waals surface area contributed by atoms with Gasteiger partial charge in [-0.25, -0.2) is 0 Å². The molecule has 21 heavy (non-hydrogen) atoms. The molecule has 0 saturated carbocycles. The van der Waals surface area contributed by atoms with Crippen LogP contribution in [0.3, 0.4) is 0 Å². The topological polar surface area (TPSA) is 70.6 Å². The number of carbonyl (C=O) groups is 1. The Labute approximate surface area is 124 Å². The lowest BCUT2D eigenvalue weighted by atomic mass is 10.1. The SMILES string of the molecule is CO[C@@H]1CN[C@H](C(=O)N2CCN(c3cccnn3)CC2)C1. The number of amides is 1. The third-order valence-corrected chi connectivity index (χ3v) is 4.20. The molecule has 3 heterocycles. The normalized spacial score (nSPS) is 26.1. The van der Waals surface area contributed by atoms with Crippen molar-refractivity contribution >= 4 is 11.7 Å². The first-order chi connectivity index (χ1) is 10.3. The molecule has 114 valence electrons. The van der Waals surface area contributed by atoms with Crippen molar-refractivity contribution in [3.8, 4) is 0 Å². The maximum atomic E-state index is 12.5. The summed E-state index contributed by atoms with van der Waals surface area (Å²) in [5.74, 6) is 1.07. The monoisotopic (exact) mass is 291 g/mol. The molecule has 2 aliphatic heterocycles. The second-order valence-electron chi connectivity index (χ2n) is 5.45. The number of ether oxygens (including phenoxy) is 1. The highest BCUT2D eigenvalue weighted by atomic mass is 16.5. The van der Waals surface area contributed by atoms with E-state index in [2.05, 4.69) is 20.4 Å². The van der Waals surface area contributed by atoms with Crippen LogP contribution in [0.4, 0.5) is 5.82 Å². The van der Waals surface area contributed by atoms with Crippen LogP contribution in [0.2, 0.25) is 0 Å². The van der Waals surface area contributed by atoms with Crippen LogP contribution in [-0.4, -0.2) is 73.0 Å². The maximum Gasteiger partial charge on any atom is 0.239 e. The second kappa shape index (κ2) is 6.36. The van der Waals surface area contributed by atoms with E-state index in [1.54, 1.807) is 13.3 Å². The Morgan fingerprint density at radius 1 is 1.38 bits per heavy atom. The minimum absolute atomic E-state index is 0.0991. The van der Waals surface area contributed by atoms with Crippen LogP contribution in [0.5, 0.6) is 0 Å². The van der Waals surface area contributed by atoms with Gasteiger partial charge < -0.3 is 19.9 Å². The zero-order chi connectivity index (χ0) is 14.7. The fourth-order valence-corrected chi connectivity index (χ4v) is 2.91. The van der Waals surface area contributed by atoms with E-state index in [1.165, 1.54) is 0 Å². The van der Waals surface area contributed by atoms with Gasteiger partial charge in [0.1, 0.15) is 0 Å². The van der Waals surface area contributed by atoms with Crippen LogP contribution in [0.25, 0.3) is 0 Å². The molecular weight excluding hydrogens is 270 g/mol. The van der Waals surface area contributed by atoms with E-state index in [4.69, 9.17) is 4.74 Å². The van der Waals surface area contributed by atoms with Crippen LogP contribution in [0.15, 0.2) is 18.3 Å². The van der Waals surface area contributed by atoms with E-state index in [0.29, 0.717) is 0 Å². The summed E-state index contributed by atoms with van der Waals surface area (Å²) >= 11 is 0. The van der Waals surface area contributed by atoms with Crippen LogP contribution in [-0.2, 0) is 9.53 Å². The summed E-state index contributed by atoms with van der Waals surface area (Å²) in [6.07, 6.45) is 2.58. The molecule has 7 nitrogen and oxygen atoms in total. The number of aromatic nitrogens is 2. The largest absolute Gasteiger partial charge is 0.380 e. The van der Waals surface area contributed by atoms with E-state index in [-0.39, 0.29) is 18.1 Å². The van der Waals surface area contributed by atoms with Gasteiger partial charge in [-0.15, -0.1) is 5.10 Å². The molecule has 2 aliphatic rings. The van der Waals surface area contributed by atoms with E-state index >= 15 is 0 Å². The molecule has 0 aromatic carbocycles. The van der Waals surface area contributed by atoms with Crippen molar-refractivity contribution in [1.29, 1.82) is 0 Å². The third-order valence-electron chi connectivity index (χ3n) is 4.20. The van der Waals surface area contributed by atoms with Crippen molar-refractivity contribution in [2.24, 2.45) is 0 Å². The summed E-state index contributed by atoms with van der Waals surface area (Å²) in [5, 5.41) is 11.3. The highest BCUT2D eigenvalue weighted by molar-refractivity contribution is 5.82. The molecule has 3 rings (SSSR count). The zero-order valence-electron chi connectivity index (χ0n) is 12.2. The summed E-state index contributed by atoms with van der Waals surface area (Å²) < 4.78 is 5.30. The van der Waals surface area contributed by atoms with E-state index in [1.807, 2.05) is 17.0 Å². The molecule has 0 spiro atoms. The van der Waals surface area contributed by atoms with Crippen molar-refractivity contribution in [1.82, 2.24) is 20.4 Å². The van der Waals surface area contributed by atoms with Crippen LogP contribution < -0.4 is 10.2 Å². The van der Waals surface area contributed by atoms with Gasteiger partial charge in [0.25, 0.3) is 0 Å². The summed E-state index contributed by atoms with van der Waals surface area (Å²) in [6.45, 7) is 3.80. The Hall–Kier alpha value is -1.73. The van der Waals surface area contributed by atoms with Crippen molar-refractivity contribution in [3.63, 3.8) is 0 Å². The lowest BCUT2D eigenvalue weighted by Gasteiger charge is -2.36. The van der Waals surface area contributed by atoms with Crippen LogP contribution in [0.1, 0.15) is 6.42 Å². The second-order valence-corrected chi connectivity index (χ2v) is 5.45. The van der Waals surface area contributed by atoms with Crippen LogP contribution >= 0.6 is 0 Å². The molecule has 0 unspecified atom stereocenters. The van der Waals surface area contributed by atoms with Crippen molar-refractivity contribution in [2.45, 2.75) is 18.6 Å². The number of piperazine rings is 1. The maximum absolute atomic E-state index is 12.5. The van der Waals surface area contributed by atoms with Crippen LogP contribution in [0, 0.1) is 0 Å². The molecule has 0 bridgehead atoms. The van der Waals surface area contributed by atoms with Gasteiger partial charge in [-0.05, 0) is 18.6 Å². The van der Waals surface area contributed by atoms with Gasteiger partial charge in [-0.3, -0.25) is 4.79 Å². The Balaban J connectivity index is 1.53. The van der Waals surface area contributed by atoms with Gasteiger partial charge in [-0.1, -0.05) is 0 Å². The molecular formula is C14H21N5O2. The number of nitrogens with one attached hydrogen (secondary N) is 1. The summed E-state index contributed by atoms with van der Waals surface area (Å²) in [5.41, 5.74) is 0. The fraction of sp³-hybridized carbons (Fsp3) is 0.643. The third kappa shape index (κ3) is 3.14. The predicted molar refractivity (Wildman–Crippen MR) is 78.0 cm³/mol. The Morgan fingerprint density at radius 3 is 2.81 bits per heavy atom. The molecule has 1 aromatic heterocycles. The summed E-state index contributed by atoms with van der Waals surface area (Å²) in [7, 11) is 1.69. The van der Waals surface area contributed by atoms with Crippen molar-refractivity contribution in [2.75, 3.05) is 44.7 Å². The molecule has 7 heteroatoms. The average Bonchev–Trinajstić information content (AvgIpc) is 3.04. The Morgan fingerprint density at radius 2 is 2.19 bits per heavy atom. The molecule has 0 aliphatic carbocycles. The van der Waals surface area contributed by atoms with Gasteiger partial charge in [0.2, 0.25) is 5.91 Å². The molecule has 1 amide bonds. The summed E-state index contributed by atoms with van der Waals surface area (Å²) in [4.78, 5) is 16.6. The van der Waals surface area contributed by atoms with Gasteiger partial charge in [0, 0.05) is 46.0 Å². The molecule has 0 radical (unpaired) electrons. The molecule has 2 saturated heterocycles. The van der Waals surface area contributed by atoms with Gasteiger partial charge in [0.05, 0.1) is 12.1 Å². The average molecular weight is 291 g/mol.